The molecule has 1 aromatic heterocycles. The van der Waals surface area contributed by atoms with Crippen LogP contribution in [0.15, 0.2) is 18.7 Å². The highest BCUT2D eigenvalue weighted by Gasteiger charge is 2.23. The number of nitrogens with two attached hydrogens (primary N) is 1. The predicted molar refractivity (Wildman–Crippen MR) is 44.7 cm³/mol. The first-order chi connectivity index (χ1) is 5.88. The molecule has 12 heavy (non-hydrogen) atoms. The molecule has 2 rings (SSSR count). The lowest BCUT2D eigenvalue weighted by Gasteiger charge is -2.29. The number of hydrogen-bond donors (Lipinski definition) is 1. The molecule has 4 heteroatoms. The van der Waals surface area contributed by atoms with Crippen molar-refractivity contribution in [3.63, 3.8) is 0 Å². The standard InChI is InChI=1S/C8H13N3O/c9-7-1-4-12-5-8(7)11-3-2-10-6-11/h2-3,6-8H,1,4-5,9H2. The maximum absolute atomic E-state index is 5.94. The van der Waals surface area contributed by atoms with Crippen LogP contribution in [0, 0.1) is 0 Å². The second-order valence-corrected chi connectivity index (χ2v) is 3.10. The minimum Gasteiger partial charge on any atom is -0.379 e. The number of ether oxygens (including phenoxy) is 1. The Morgan fingerprint density at radius 2 is 2.50 bits per heavy atom. The van der Waals surface area contributed by atoms with Crippen molar-refractivity contribution < 1.29 is 4.74 Å². The molecule has 2 unspecified atom stereocenters. The number of imidazole rings is 1. The fourth-order valence-corrected chi connectivity index (χ4v) is 1.51. The van der Waals surface area contributed by atoms with Crippen LogP contribution >= 0.6 is 0 Å². The van der Waals surface area contributed by atoms with Gasteiger partial charge in [-0.2, -0.15) is 0 Å². The molecule has 0 spiro atoms. The van der Waals surface area contributed by atoms with Crippen LogP contribution in [0.1, 0.15) is 12.5 Å². The van der Waals surface area contributed by atoms with Crippen molar-refractivity contribution in [3.05, 3.63) is 18.7 Å². The van der Waals surface area contributed by atoms with E-state index < -0.39 is 0 Å². The van der Waals surface area contributed by atoms with Gasteiger partial charge in [0.05, 0.1) is 19.0 Å². The topological polar surface area (TPSA) is 53.1 Å². The first-order valence-electron chi connectivity index (χ1n) is 4.18. The van der Waals surface area contributed by atoms with Gasteiger partial charge >= 0.3 is 0 Å². The van der Waals surface area contributed by atoms with Gasteiger partial charge in [0.25, 0.3) is 0 Å². The van der Waals surface area contributed by atoms with E-state index in [1.807, 2.05) is 10.8 Å². The quantitative estimate of drug-likeness (QED) is 0.648. The molecule has 2 heterocycles. The van der Waals surface area contributed by atoms with Crippen LogP contribution in [0.2, 0.25) is 0 Å². The van der Waals surface area contributed by atoms with Crippen molar-refractivity contribution >= 4 is 0 Å². The summed E-state index contributed by atoms with van der Waals surface area (Å²) >= 11 is 0. The van der Waals surface area contributed by atoms with Gasteiger partial charge in [-0.05, 0) is 6.42 Å². The van der Waals surface area contributed by atoms with Crippen molar-refractivity contribution in [1.82, 2.24) is 9.55 Å². The Labute approximate surface area is 71.3 Å². The Kier molecular flexibility index (Phi) is 2.10. The van der Waals surface area contributed by atoms with Gasteiger partial charge in [-0.3, -0.25) is 0 Å². The summed E-state index contributed by atoms with van der Waals surface area (Å²) in [4.78, 5) is 3.98. The van der Waals surface area contributed by atoms with Gasteiger partial charge in [0.2, 0.25) is 0 Å². The van der Waals surface area contributed by atoms with Crippen LogP contribution in [0.5, 0.6) is 0 Å². The lowest BCUT2D eigenvalue weighted by atomic mass is 10.1. The molecule has 0 saturated carbocycles. The average Bonchev–Trinajstić information content (AvgIpc) is 2.57. The molecule has 2 atom stereocenters. The number of nitrogens with zero attached hydrogens (tertiary/aromatic N) is 2. The molecule has 0 radical (unpaired) electrons. The van der Waals surface area contributed by atoms with Crippen LogP contribution < -0.4 is 5.73 Å². The van der Waals surface area contributed by atoms with E-state index in [1.165, 1.54) is 0 Å². The Bertz CT molecular complexity index is 234. The maximum atomic E-state index is 5.94. The van der Waals surface area contributed by atoms with Crippen molar-refractivity contribution in [2.45, 2.75) is 18.5 Å². The number of hydrogen-bond acceptors (Lipinski definition) is 3. The lowest BCUT2D eigenvalue weighted by Crippen LogP contribution is -2.39. The molecule has 0 amide bonds. The van der Waals surface area contributed by atoms with Gasteiger partial charge in [-0.1, -0.05) is 0 Å². The van der Waals surface area contributed by atoms with Crippen molar-refractivity contribution in [2.24, 2.45) is 5.73 Å². The van der Waals surface area contributed by atoms with Crippen LogP contribution in [-0.4, -0.2) is 28.8 Å². The van der Waals surface area contributed by atoms with Crippen molar-refractivity contribution in [2.75, 3.05) is 13.2 Å². The Balaban J connectivity index is 2.11. The van der Waals surface area contributed by atoms with Gasteiger partial charge in [0, 0.05) is 25.0 Å². The third-order valence-electron chi connectivity index (χ3n) is 2.29. The van der Waals surface area contributed by atoms with Crippen LogP contribution in [0.25, 0.3) is 0 Å². The Morgan fingerprint density at radius 1 is 1.58 bits per heavy atom. The van der Waals surface area contributed by atoms with Gasteiger partial charge in [0.1, 0.15) is 0 Å². The summed E-state index contributed by atoms with van der Waals surface area (Å²) in [6.45, 7) is 1.49. The highest BCUT2D eigenvalue weighted by atomic mass is 16.5. The van der Waals surface area contributed by atoms with E-state index in [0.717, 1.165) is 13.0 Å². The molecule has 0 bridgehead atoms. The van der Waals surface area contributed by atoms with Gasteiger partial charge in [-0.25, -0.2) is 4.98 Å². The summed E-state index contributed by atoms with van der Waals surface area (Å²) in [5.41, 5.74) is 5.94. The van der Waals surface area contributed by atoms with Gasteiger partial charge in [0.15, 0.2) is 0 Å². The van der Waals surface area contributed by atoms with Crippen LogP contribution in [-0.2, 0) is 4.74 Å². The number of rotatable bonds is 1. The summed E-state index contributed by atoms with van der Waals surface area (Å²) in [7, 11) is 0. The molecule has 1 aromatic rings. The zero-order chi connectivity index (χ0) is 8.39. The molecule has 1 aliphatic heterocycles. The van der Waals surface area contributed by atoms with E-state index >= 15 is 0 Å². The largest absolute Gasteiger partial charge is 0.379 e. The fourth-order valence-electron chi connectivity index (χ4n) is 1.51. The van der Waals surface area contributed by atoms with E-state index in [0.29, 0.717) is 6.61 Å². The molecule has 2 N–H and O–H groups in total. The summed E-state index contributed by atoms with van der Waals surface area (Å²) in [6.07, 6.45) is 6.42. The molecular weight excluding hydrogens is 154 g/mol. The average molecular weight is 167 g/mol. The highest BCUT2D eigenvalue weighted by molar-refractivity contribution is 4.87. The second-order valence-electron chi connectivity index (χ2n) is 3.10. The molecule has 1 aliphatic rings. The first kappa shape index (κ1) is 7.76. The minimum absolute atomic E-state index is 0.202. The van der Waals surface area contributed by atoms with E-state index in [9.17, 15) is 0 Å². The van der Waals surface area contributed by atoms with E-state index in [1.54, 1.807) is 12.5 Å². The van der Waals surface area contributed by atoms with Gasteiger partial charge in [-0.15, -0.1) is 0 Å². The van der Waals surface area contributed by atoms with Crippen molar-refractivity contribution in [1.29, 1.82) is 0 Å². The minimum atomic E-state index is 0.202. The van der Waals surface area contributed by atoms with Crippen LogP contribution in [0.3, 0.4) is 0 Å². The molecular formula is C8H13N3O. The molecule has 4 nitrogen and oxygen atoms in total. The molecule has 0 aliphatic carbocycles. The van der Waals surface area contributed by atoms with Gasteiger partial charge < -0.3 is 15.0 Å². The molecule has 0 aromatic carbocycles. The number of aromatic nitrogens is 2. The Morgan fingerprint density at radius 3 is 3.17 bits per heavy atom. The SMILES string of the molecule is NC1CCOCC1n1ccnc1. The summed E-state index contributed by atoms with van der Waals surface area (Å²) < 4.78 is 7.37. The monoisotopic (exact) mass is 167 g/mol. The molecule has 66 valence electrons. The van der Waals surface area contributed by atoms with E-state index in [4.69, 9.17) is 10.5 Å². The molecule has 1 saturated heterocycles. The molecule has 1 fully saturated rings. The fraction of sp³-hybridized carbons (Fsp3) is 0.625. The maximum Gasteiger partial charge on any atom is 0.0949 e. The third kappa shape index (κ3) is 1.35. The predicted octanol–water partition coefficient (Wildman–Crippen LogP) is 0.172. The highest BCUT2D eigenvalue weighted by Crippen LogP contribution is 2.17. The zero-order valence-corrected chi connectivity index (χ0v) is 6.89. The van der Waals surface area contributed by atoms with Crippen molar-refractivity contribution in [3.8, 4) is 0 Å². The lowest BCUT2D eigenvalue weighted by molar-refractivity contribution is 0.0468. The third-order valence-corrected chi connectivity index (χ3v) is 2.29. The van der Waals surface area contributed by atoms with E-state index in [2.05, 4.69) is 4.98 Å². The Hall–Kier alpha value is -0.870. The summed E-state index contributed by atoms with van der Waals surface area (Å²) in [6, 6.07) is 0.467. The summed E-state index contributed by atoms with van der Waals surface area (Å²) in [5.74, 6) is 0. The normalized spacial score (nSPS) is 30.4. The second kappa shape index (κ2) is 3.25. The summed E-state index contributed by atoms with van der Waals surface area (Å²) in [5, 5.41) is 0. The first-order valence-corrected chi connectivity index (χ1v) is 4.18. The van der Waals surface area contributed by atoms with Crippen LogP contribution in [0.4, 0.5) is 0 Å². The smallest absolute Gasteiger partial charge is 0.0949 e. The zero-order valence-electron chi connectivity index (χ0n) is 6.89. The van der Waals surface area contributed by atoms with E-state index in [-0.39, 0.29) is 12.1 Å².